The van der Waals surface area contributed by atoms with Gasteiger partial charge in [-0.2, -0.15) is 15.2 Å². The maximum absolute atomic E-state index is 14.8. The van der Waals surface area contributed by atoms with Gasteiger partial charge >= 0.3 is 0 Å². The van der Waals surface area contributed by atoms with E-state index in [4.69, 9.17) is 11.5 Å². The number of thioether (sulfide) groups is 1. The number of nitrogens with zero attached hydrogens (tertiary/aromatic N) is 4. The number of hydrogen-bond acceptors (Lipinski definition) is 11. The van der Waals surface area contributed by atoms with Crippen LogP contribution in [0.25, 0.3) is 54.8 Å². The number of aromatic amines is 3. The number of nitrogen functional groups attached to an aromatic ring is 2. The molecule has 3 heterocycles. The molecule has 0 aliphatic carbocycles. The average molecular weight is 1050 g/mol. The van der Waals surface area contributed by atoms with Gasteiger partial charge in [-0.25, -0.2) is 24.0 Å². The van der Waals surface area contributed by atoms with Gasteiger partial charge in [-0.3, -0.25) is 29.3 Å². The van der Waals surface area contributed by atoms with Crippen LogP contribution < -0.4 is 33.2 Å². The summed E-state index contributed by atoms with van der Waals surface area (Å²) in [5.74, 6) is -0.700. The number of carbonyl (C=O) groups is 3. The molecule has 0 bridgehead atoms. The zero-order valence-corrected chi connectivity index (χ0v) is 43.2. The smallest absolute Gasteiger partial charge is 0.272 e. The lowest BCUT2D eigenvalue weighted by atomic mass is 9.98. The minimum Gasteiger partial charge on any atom is -0.397 e. The molecule has 16 nitrogen and oxygen atoms in total. The van der Waals surface area contributed by atoms with Gasteiger partial charge in [0.25, 0.3) is 11.1 Å². The number of H-pyrrole nitrogens is 3. The van der Waals surface area contributed by atoms with Gasteiger partial charge in [0.15, 0.2) is 5.17 Å². The fourth-order valence-corrected chi connectivity index (χ4v) is 8.53. The van der Waals surface area contributed by atoms with Crippen LogP contribution in [0.3, 0.4) is 0 Å². The number of carbonyl (C=O) groups excluding carboxylic acids is 3. The molecule has 0 atom stereocenters. The van der Waals surface area contributed by atoms with E-state index in [1.165, 1.54) is 23.9 Å². The summed E-state index contributed by atoms with van der Waals surface area (Å²) in [6, 6.07) is 34.9. The molecule has 6 aromatic carbocycles. The van der Waals surface area contributed by atoms with Crippen LogP contribution >= 0.6 is 11.8 Å². The summed E-state index contributed by atoms with van der Waals surface area (Å²) in [6.45, 7) is 5.78. The highest BCUT2D eigenvalue weighted by Gasteiger charge is 2.15. The van der Waals surface area contributed by atoms with Crippen LogP contribution in [0.15, 0.2) is 136 Å². The molecule has 0 saturated carbocycles. The molecule has 9 rings (SSSR count). The molecular weight excluding hydrogens is 989 g/mol. The summed E-state index contributed by atoms with van der Waals surface area (Å²) in [4.78, 5) is 69.6. The number of amides is 3. The summed E-state index contributed by atoms with van der Waals surface area (Å²) < 4.78 is 29.2. The maximum atomic E-state index is 14.8. The number of aromatic nitrogens is 6. The first-order chi connectivity index (χ1) is 36.7. The number of nitrogens with one attached hydrogen (secondary N) is 5. The molecule has 3 aromatic heterocycles. The first-order valence-electron chi connectivity index (χ1n) is 24.6. The van der Waals surface area contributed by atoms with Crippen molar-refractivity contribution in [3.8, 4) is 22.3 Å². The lowest BCUT2D eigenvalue weighted by Gasteiger charge is -2.10. The van der Waals surface area contributed by atoms with E-state index >= 15 is 0 Å². The average Bonchev–Trinajstić information content (AvgIpc) is 3.82. The van der Waals surface area contributed by atoms with Gasteiger partial charge in [-0.1, -0.05) is 93.2 Å². The molecule has 0 aliphatic heterocycles. The van der Waals surface area contributed by atoms with E-state index in [0.717, 1.165) is 46.9 Å². The number of halogens is 2. The van der Waals surface area contributed by atoms with E-state index in [-0.39, 0.29) is 40.5 Å². The van der Waals surface area contributed by atoms with Crippen molar-refractivity contribution in [3.05, 3.63) is 176 Å². The molecule has 0 spiro atoms. The maximum Gasteiger partial charge on any atom is 0.272 e. The number of hydrogen-bond donors (Lipinski definition) is 7. The van der Waals surface area contributed by atoms with Crippen molar-refractivity contribution in [2.24, 2.45) is 4.99 Å². The Kier molecular flexibility index (Phi) is 18.7. The van der Waals surface area contributed by atoms with Gasteiger partial charge < -0.3 is 21.8 Å². The van der Waals surface area contributed by atoms with E-state index in [9.17, 15) is 32.8 Å². The van der Waals surface area contributed by atoms with E-state index in [1.54, 1.807) is 73.0 Å². The number of amidine groups is 1. The fourth-order valence-electron chi connectivity index (χ4n) is 8.12. The molecular formula is C57H57F2N11O5S. The normalized spacial score (nSPS) is 11.2. The summed E-state index contributed by atoms with van der Waals surface area (Å²) in [6.07, 6.45) is 6.28. The predicted octanol–water partition coefficient (Wildman–Crippen LogP) is 10.4. The monoisotopic (exact) mass is 1050 g/mol. The van der Waals surface area contributed by atoms with Crippen LogP contribution in [-0.2, 0) is 27.2 Å². The number of aliphatic imine (C=N–C) groups is 1. The summed E-state index contributed by atoms with van der Waals surface area (Å²) in [5.41, 5.74) is 18.7. The van der Waals surface area contributed by atoms with Crippen LogP contribution in [0.5, 0.6) is 0 Å². The van der Waals surface area contributed by atoms with Crippen molar-refractivity contribution in [2.45, 2.75) is 72.1 Å². The first-order valence-corrected chi connectivity index (χ1v) is 25.8. The quantitative estimate of drug-likeness (QED) is 0.0324. The molecule has 9 N–H and O–H groups in total. The van der Waals surface area contributed by atoms with E-state index in [2.05, 4.69) is 46.0 Å². The number of rotatable bonds is 13. The SMILES string of the molecule is CCCC(=O)N=C(NC(=O)CCC)SC.CCCC(=O)Nc1nc2ccc(-c3cc(Cc4n[nH]c(=O)c5ccccc45)ccc3F)cc2[nH]1.Nc1ccc(-c2cc(Cc3n[nH]c(=O)c4ccccc34)ccc2F)cc1N. The van der Waals surface area contributed by atoms with Crippen molar-refractivity contribution in [1.29, 1.82) is 0 Å². The molecule has 0 unspecified atom stereocenters. The van der Waals surface area contributed by atoms with Gasteiger partial charge in [0, 0.05) is 54.0 Å². The Balaban J connectivity index is 0.000000179. The van der Waals surface area contributed by atoms with Crippen molar-refractivity contribution >= 4 is 84.6 Å². The second-order valence-corrected chi connectivity index (χ2v) is 18.4. The molecule has 0 radical (unpaired) electrons. The van der Waals surface area contributed by atoms with E-state index in [0.29, 0.717) is 104 Å². The summed E-state index contributed by atoms with van der Waals surface area (Å²) >= 11 is 1.28. The largest absolute Gasteiger partial charge is 0.397 e. The zero-order valence-electron chi connectivity index (χ0n) is 42.4. The highest BCUT2D eigenvalue weighted by Crippen LogP contribution is 2.31. The summed E-state index contributed by atoms with van der Waals surface area (Å²) in [5, 5.41) is 21.9. The van der Waals surface area contributed by atoms with Crippen LogP contribution in [0.4, 0.5) is 26.1 Å². The Morgan fingerprint density at radius 3 is 1.66 bits per heavy atom. The Labute approximate surface area is 440 Å². The zero-order chi connectivity index (χ0) is 54.3. The second kappa shape index (κ2) is 25.9. The molecule has 0 saturated heterocycles. The van der Waals surface area contributed by atoms with Gasteiger partial charge in [-0.05, 0) is 108 Å². The van der Waals surface area contributed by atoms with Crippen LogP contribution in [-0.4, -0.2) is 59.5 Å². The Morgan fingerprint density at radius 1 is 0.618 bits per heavy atom. The standard InChI is InChI=1S/C26H22FN5O2.C21H17FN4O.C10H18N2O2S/c1-2-5-24(33)30-26-28-21-11-9-16(14-23(21)29-26)19-12-15(8-10-20(19)27)13-22-17-6-3-4-7-18(17)25(34)32-31-22;22-17-7-5-12(9-16(17)13-6-8-18(23)19(24)11-13)10-20-14-3-1-2-4-15(14)21(27)26-25-20;1-4-6-8(13)11-10(15-3)12-9(14)7-5-2/h3-4,6-12,14H,2,5,13H2,1H3,(H,32,34)(H2,28,29,30,33);1-9,11H,10,23-24H2,(H,26,27);4-7H2,1-3H3,(H,11,12,13,14). The van der Waals surface area contributed by atoms with Crippen molar-refractivity contribution in [2.75, 3.05) is 23.0 Å². The van der Waals surface area contributed by atoms with Crippen molar-refractivity contribution in [3.63, 3.8) is 0 Å². The Morgan fingerprint density at radius 2 is 1.13 bits per heavy atom. The third-order valence-corrected chi connectivity index (χ3v) is 12.5. The Bertz CT molecular complexity index is 3730. The van der Waals surface area contributed by atoms with Gasteiger partial charge in [0.1, 0.15) is 11.6 Å². The number of anilines is 3. The third kappa shape index (κ3) is 14.1. The predicted molar refractivity (Wildman–Crippen MR) is 300 cm³/mol. The number of benzene rings is 6. The van der Waals surface area contributed by atoms with E-state index < -0.39 is 0 Å². The molecule has 19 heteroatoms. The van der Waals surface area contributed by atoms with Gasteiger partial charge in [-0.15, -0.1) is 0 Å². The number of nitrogens with two attached hydrogens (primary N) is 2. The third-order valence-electron chi connectivity index (χ3n) is 11.9. The minimum absolute atomic E-state index is 0.0881. The molecule has 0 aliphatic rings. The first kappa shape index (κ1) is 54.9. The van der Waals surface area contributed by atoms with Crippen molar-refractivity contribution in [1.82, 2.24) is 35.7 Å². The van der Waals surface area contributed by atoms with Crippen LogP contribution in [0.2, 0.25) is 0 Å². The topological polar surface area (TPSA) is 260 Å². The van der Waals surface area contributed by atoms with E-state index in [1.807, 2.05) is 63.2 Å². The number of imidazole rings is 1. The van der Waals surface area contributed by atoms with Gasteiger partial charge in [0.2, 0.25) is 23.7 Å². The molecule has 3 amide bonds. The van der Waals surface area contributed by atoms with Crippen molar-refractivity contribution < 1.29 is 23.2 Å². The van der Waals surface area contributed by atoms with Gasteiger partial charge in [0.05, 0.1) is 44.6 Å². The molecule has 9 aromatic rings. The molecule has 0 fully saturated rings. The van der Waals surface area contributed by atoms with Crippen LogP contribution in [0, 0.1) is 11.6 Å². The Hall–Kier alpha value is -8.84. The lowest BCUT2D eigenvalue weighted by molar-refractivity contribution is -0.119. The highest BCUT2D eigenvalue weighted by molar-refractivity contribution is 8.13. The number of fused-ring (bicyclic) bond motifs is 3. The van der Waals surface area contributed by atoms with Crippen LogP contribution in [0.1, 0.15) is 81.8 Å². The molecule has 76 heavy (non-hydrogen) atoms. The fraction of sp³-hybridized carbons (Fsp3) is 0.211. The second-order valence-electron chi connectivity index (χ2n) is 17.6. The molecule has 390 valence electrons. The highest BCUT2D eigenvalue weighted by atomic mass is 32.2. The summed E-state index contributed by atoms with van der Waals surface area (Å²) in [7, 11) is 0. The minimum atomic E-state index is -0.349. The lowest BCUT2D eigenvalue weighted by Crippen LogP contribution is -2.28.